The maximum Gasteiger partial charge on any atom is 0.312 e. The van der Waals surface area contributed by atoms with Crippen LogP contribution in [0.2, 0.25) is 0 Å². The van der Waals surface area contributed by atoms with E-state index in [0.29, 0.717) is 35.5 Å². The van der Waals surface area contributed by atoms with E-state index >= 15 is 0 Å². The van der Waals surface area contributed by atoms with Crippen molar-refractivity contribution >= 4 is 27.5 Å². The van der Waals surface area contributed by atoms with Crippen LogP contribution in [0.3, 0.4) is 0 Å². The largest absolute Gasteiger partial charge is 0.457 e. The van der Waals surface area contributed by atoms with E-state index in [1.165, 1.54) is 29.8 Å². The molecule has 4 saturated carbocycles. The van der Waals surface area contributed by atoms with Gasteiger partial charge in [0.15, 0.2) is 12.4 Å². The van der Waals surface area contributed by atoms with Crippen LogP contribution in [-0.4, -0.2) is 39.6 Å². The summed E-state index contributed by atoms with van der Waals surface area (Å²) in [4.78, 5) is 25.7. The molecule has 4 bridgehead atoms. The number of fused-ring (bicyclic) bond motifs is 1. The summed E-state index contributed by atoms with van der Waals surface area (Å²) < 4.78 is 31.0. The molecule has 30 heavy (non-hydrogen) atoms. The lowest BCUT2D eigenvalue weighted by Crippen LogP contribution is -2.50. The number of carbonyl (C=O) groups excluding carboxylic acids is 2. The first kappa shape index (κ1) is 20.0. The molecule has 162 valence electrons. The monoisotopic (exact) mass is 431 g/mol. The second kappa shape index (κ2) is 7.08. The fraction of sp³-hybridized carbons (Fsp3) is 0.652. The Balaban J connectivity index is 1.27. The molecule has 1 aliphatic heterocycles. The molecule has 6 rings (SSSR count). The molecule has 0 atom stereocenters. The molecule has 0 spiro atoms. The standard InChI is InChI=1S/C23H29NO5S/c1-30(27,28)24-6-2-3-18-10-19(4-5-20(18)24)21(25)14-29-22(26)23-11-15-7-16(12-23)9-17(8-15)13-23/h4-5,10,15-17H,2-3,6-9,11-14H2,1H3. The third-order valence-corrected chi connectivity index (χ3v) is 8.86. The highest BCUT2D eigenvalue weighted by Gasteiger charge is 2.55. The van der Waals surface area contributed by atoms with Crippen molar-refractivity contribution in [3.63, 3.8) is 0 Å². The Bertz CT molecular complexity index is 964. The van der Waals surface area contributed by atoms with E-state index in [1.807, 2.05) is 0 Å². The van der Waals surface area contributed by atoms with Crippen LogP contribution in [0.1, 0.15) is 60.9 Å². The molecule has 6 nitrogen and oxygen atoms in total. The fourth-order valence-corrected chi connectivity index (χ4v) is 7.80. The molecule has 0 amide bonds. The van der Waals surface area contributed by atoms with Gasteiger partial charge >= 0.3 is 5.97 Å². The third-order valence-electron chi connectivity index (χ3n) is 7.68. The van der Waals surface area contributed by atoms with Crippen molar-refractivity contribution in [3.8, 4) is 0 Å². The average Bonchev–Trinajstić information content (AvgIpc) is 2.69. The molecule has 0 saturated heterocycles. The van der Waals surface area contributed by atoms with E-state index in [1.54, 1.807) is 18.2 Å². The van der Waals surface area contributed by atoms with Gasteiger partial charge in [0.2, 0.25) is 10.0 Å². The van der Waals surface area contributed by atoms with E-state index in [2.05, 4.69) is 0 Å². The van der Waals surface area contributed by atoms with Crippen LogP contribution >= 0.6 is 0 Å². The van der Waals surface area contributed by atoms with Gasteiger partial charge in [-0.3, -0.25) is 13.9 Å². The summed E-state index contributed by atoms with van der Waals surface area (Å²) in [6, 6.07) is 5.10. The molecule has 1 aromatic rings. The van der Waals surface area contributed by atoms with Crippen molar-refractivity contribution in [2.24, 2.45) is 23.2 Å². The summed E-state index contributed by atoms with van der Waals surface area (Å²) in [5.74, 6) is 1.54. The Hall–Kier alpha value is -1.89. The predicted molar refractivity (Wildman–Crippen MR) is 113 cm³/mol. The summed E-state index contributed by atoms with van der Waals surface area (Å²) in [6.45, 7) is 0.219. The molecular weight excluding hydrogens is 402 g/mol. The highest BCUT2D eigenvalue weighted by molar-refractivity contribution is 7.92. The van der Waals surface area contributed by atoms with E-state index in [4.69, 9.17) is 4.74 Å². The van der Waals surface area contributed by atoms with E-state index in [0.717, 1.165) is 37.7 Å². The lowest BCUT2D eigenvalue weighted by molar-refractivity contribution is -0.170. The molecule has 0 unspecified atom stereocenters. The van der Waals surface area contributed by atoms with E-state index in [-0.39, 0.29) is 23.8 Å². The van der Waals surface area contributed by atoms with Crippen molar-refractivity contribution in [3.05, 3.63) is 29.3 Å². The quantitative estimate of drug-likeness (QED) is 0.528. The Labute approximate surface area is 178 Å². The van der Waals surface area contributed by atoms with Gasteiger partial charge in [0.1, 0.15) is 0 Å². The summed E-state index contributed by atoms with van der Waals surface area (Å²) in [5, 5.41) is 0. The van der Waals surface area contributed by atoms with Crippen molar-refractivity contribution in [1.29, 1.82) is 0 Å². The van der Waals surface area contributed by atoms with Gasteiger partial charge in [-0.1, -0.05) is 0 Å². The maximum atomic E-state index is 13.0. The number of carbonyl (C=O) groups is 2. The van der Waals surface area contributed by atoms with Crippen LogP contribution in [-0.2, 0) is 26.0 Å². The first-order valence-electron chi connectivity index (χ1n) is 11.0. The summed E-state index contributed by atoms with van der Waals surface area (Å²) in [7, 11) is -3.34. The van der Waals surface area contributed by atoms with Gasteiger partial charge in [-0.05, 0) is 92.9 Å². The molecule has 4 aliphatic carbocycles. The summed E-state index contributed by atoms with van der Waals surface area (Å²) in [6.07, 6.45) is 9.19. The predicted octanol–water partition coefficient (Wildman–Crippen LogP) is 3.34. The van der Waals surface area contributed by atoms with Crippen molar-refractivity contribution in [2.45, 2.75) is 51.4 Å². The zero-order valence-corrected chi connectivity index (χ0v) is 18.2. The first-order chi connectivity index (χ1) is 14.2. The molecule has 7 heteroatoms. The number of rotatable bonds is 5. The number of nitrogens with zero attached hydrogens (tertiary/aromatic N) is 1. The average molecular weight is 432 g/mol. The molecule has 5 aliphatic rings. The summed E-state index contributed by atoms with van der Waals surface area (Å²) in [5.41, 5.74) is 1.61. The SMILES string of the molecule is CS(=O)(=O)N1CCCc2cc(C(=O)COC(=O)C34CC5CC(CC(C5)C3)C4)ccc21. The Morgan fingerprint density at radius 1 is 1.10 bits per heavy atom. The molecule has 1 aromatic carbocycles. The number of aryl methyl sites for hydroxylation is 1. The number of ketones is 1. The molecule has 0 radical (unpaired) electrons. The zero-order chi connectivity index (χ0) is 21.1. The van der Waals surface area contributed by atoms with Gasteiger partial charge in [0, 0.05) is 12.1 Å². The van der Waals surface area contributed by atoms with Gasteiger partial charge < -0.3 is 4.74 Å². The lowest BCUT2D eigenvalue weighted by atomic mass is 9.49. The van der Waals surface area contributed by atoms with Crippen LogP contribution in [0.5, 0.6) is 0 Å². The molecular formula is C23H29NO5S. The number of benzene rings is 1. The highest BCUT2D eigenvalue weighted by Crippen LogP contribution is 2.60. The third kappa shape index (κ3) is 3.45. The van der Waals surface area contributed by atoms with Gasteiger partial charge in [0.25, 0.3) is 0 Å². The Morgan fingerprint density at radius 3 is 2.33 bits per heavy atom. The van der Waals surface area contributed by atoms with Gasteiger partial charge in [0.05, 0.1) is 17.4 Å². The minimum Gasteiger partial charge on any atom is -0.457 e. The molecule has 4 fully saturated rings. The van der Waals surface area contributed by atoms with Gasteiger partial charge in [-0.2, -0.15) is 0 Å². The zero-order valence-electron chi connectivity index (χ0n) is 17.4. The normalized spacial score (nSPS) is 32.0. The van der Waals surface area contributed by atoms with Gasteiger partial charge in [-0.15, -0.1) is 0 Å². The maximum absolute atomic E-state index is 13.0. The Morgan fingerprint density at radius 2 is 1.73 bits per heavy atom. The number of hydrogen-bond donors (Lipinski definition) is 0. The van der Waals surface area contributed by atoms with E-state index < -0.39 is 10.0 Å². The van der Waals surface area contributed by atoms with Crippen LogP contribution in [0.25, 0.3) is 0 Å². The van der Waals surface area contributed by atoms with Crippen molar-refractivity contribution in [2.75, 3.05) is 23.7 Å². The minimum atomic E-state index is -3.34. The van der Waals surface area contributed by atoms with E-state index in [9.17, 15) is 18.0 Å². The summed E-state index contributed by atoms with van der Waals surface area (Å²) >= 11 is 0. The fourth-order valence-electron chi connectivity index (χ4n) is 6.81. The molecule has 1 heterocycles. The number of esters is 1. The van der Waals surface area contributed by atoms with Crippen LogP contribution < -0.4 is 4.31 Å². The molecule has 0 aromatic heterocycles. The minimum absolute atomic E-state index is 0.184. The second-order valence-electron chi connectivity index (χ2n) is 9.98. The molecule has 0 N–H and O–H groups in total. The number of hydrogen-bond acceptors (Lipinski definition) is 5. The van der Waals surface area contributed by atoms with Crippen molar-refractivity contribution in [1.82, 2.24) is 0 Å². The van der Waals surface area contributed by atoms with Crippen molar-refractivity contribution < 1.29 is 22.7 Å². The second-order valence-corrected chi connectivity index (χ2v) is 11.9. The lowest BCUT2D eigenvalue weighted by Gasteiger charge is -2.55. The number of anilines is 1. The highest BCUT2D eigenvalue weighted by atomic mass is 32.2. The first-order valence-corrected chi connectivity index (χ1v) is 12.9. The topological polar surface area (TPSA) is 80.8 Å². The number of sulfonamides is 1. The number of ether oxygens (including phenoxy) is 1. The smallest absolute Gasteiger partial charge is 0.312 e. The van der Waals surface area contributed by atoms with Crippen LogP contribution in [0.15, 0.2) is 18.2 Å². The van der Waals surface area contributed by atoms with Crippen LogP contribution in [0, 0.1) is 23.2 Å². The number of Topliss-reactive ketones (excluding diaryl/α,β-unsaturated/α-hetero) is 1. The van der Waals surface area contributed by atoms with Crippen LogP contribution in [0.4, 0.5) is 5.69 Å². The Kier molecular flexibility index (Phi) is 4.73. The van der Waals surface area contributed by atoms with Gasteiger partial charge in [-0.25, -0.2) is 8.42 Å².